The van der Waals surface area contributed by atoms with Crippen molar-refractivity contribution in [2.45, 2.75) is 4.90 Å². The maximum absolute atomic E-state index is 11.8. The summed E-state index contributed by atoms with van der Waals surface area (Å²) in [5, 5.41) is 9.55. The van der Waals surface area contributed by atoms with Gasteiger partial charge in [-0.3, -0.25) is 4.55 Å². The van der Waals surface area contributed by atoms with Crippen molar-refractivity contribution in [1.29, 1.82) is 0 Å². The van der Waals surface area contributed by atoms with Gasteiger partial charge < -0.3 is 9.84 Å². The van der Waals surface area contributed by atoms with Crippen LogP contribution in [0.5, 0.6) is 11.6 Å². The highest BCUT2D eigenvalue weighted by atomic mass is 32.2. The Hall–Kier alpha value is -2.45. The normalized spacial score (nSPS) is 11.1. The minimum absolute atomic E-state index is 0.00541. The Bertz CT molecular complexity index is 742. The molecule has 0 saturated heterocycles. The van der Waals surface area contributed by atoms with E-state index >= 15 is 0 Å². The molecule has 1 aromatic heterocycles. The summed E-state index contributed by atoms with van der Waals surface area (Å²) in [6, 6.07) is 7.37. The molecular formula is C12H9NO6S. The van der Waals surface area contributed by atoms with Crippen LogP contribution in [0, 0.1) is 0 Å². The van der Waals surface area contributed by atoms with Crippen LogP contribution in [0.4, 0.5) is 0 Å². The number of rotatable bonds is 3. The molecule has 0 spiro atoms. The van der Waals surface area contributed by atoms with E-state index in [0.717, 1.165) is 18.2 Å². The van der Waals surface area contributed by atoms with Crippen LogP contribution in [0.25, 0.3) is 0 Å². The number of carbonyl (C=O) groups is 1. The first-order valence-electron chi connectivity index (χ1n) is 5.31. The quantitative estimate of drug-likeness (QED) is 0.647. The van der Waals surface area contributed by atoms with Crippen molar-refractivity contribution < 1.29 is 27.6 Å². The van der Waals surface area contributed by atoms with Crippen molar-refractivity contribution in [2.24, 2.45) is 0 Å². The van der Waals surface area contributed by atoms with E-state index in [-0.39, 0.29) is 5.88 Å². The van der Waals surface area contributed by atoms with Crippen molar-refractivity contribution in [2.75, 3.05) is 0 Å². The molecule has 2 rings (SSSR count). The van der Waals surface area contributed by atoms with E-state index in [2.05, 4.69) is 4.98 Å². The Labute approximate surface area is 114 Å². The van der Waals surface area contributed by atoms with Gasteiger partial charge in [-0.1, -0.05) is 6.07 Å². The van der Waals surface area contributed by atoms with Crippen molar-refractivity contribution in [3.05, 3.63) is 48.2 Å². The largest absolute Gasteiger partial charge is 0.507 e. The van der Waals surface area contributed by atoms with E-state index in [1.165, 1.54) is 12.3 Å². The maximum Gasteiger partial charge on any atom is 0.348 e. The fourth-order valence-corrected chi connectivity index (χ4v) is 1.90. The smallest absolute Gasteiger partial charge is 0.348 e. The van der Waals surface area contributed by atoms with Gasteiger partial charge in [0.1, 0.15) is 11.3 Å². The Morgan fingerprint density at radius 2 is 1.95 bits per heavy atom. The highest BCUT2D eigenvalue weighted by molar-refractivity contribution is 7.85. The molecule has 20 heavy (non-hydrogen) atoms. The fourth-order valence-electron chi connectivity index (χ4n) is 1.40. The number of hydrogen-bond acceptors (Lipinski definition) is 6. The summed E-state index contributed by atoms with van der Waals surface area (Å²) in [6.07, 6.45) is 1.40. The molecule has 1 aromatic carbocycles. The highest BCUT2D eigenvalue weighted by Gasteiger charge is 2.19. The number of nitrogens with zero attached hydrogens (tertiary/aromatic N) is 1. The molecule has 0 bridgehead atoms. The summed E-state index contributed by atoms with van der Waals surface area (Å²) in [5.41, 5.74) is -0.397. The Kier molecular flexibility index (Phi) is 3.68. The number of pyridine rings is 1. The van der Waals surface area contributed by atoms with Crippen LogP contribution in [0.2, 0.25) is 0 Å². The molecule has 1 heterocycles. The predicted octanol–water partition coefficient (Wildman–Crippen LogP) is 1.25. The van der Waals surface area contributed by atoms with Gasteiger partial charge in [-0.25, -0.2) is 9.78 Å². The molecule has 8 heteroatoms. The molecule has 7 nitrogen and oxygen atoms in total. The SMILES string of the molecule is O=C(Oc1ccccn1)c1cc(S(=O)(=O)O)ccc1O. The second-order valence-electron chi connectivity index (χ2n) is 3.71. The van der Waals surface area contributed by atoms with Crippen LogP contribution in [0.15, 0.2) is 47.5 Å². The first kappa shape index (κ1) is 14.0. The molecule has 0 amide bonds. The first-order valence-corrected chi connectivity index (χ1v) is 6.75. The van der Waals surface area contributed by atoms with Gasteiger partial charge in [-0.05, 0) is 24.3 Å². The highest BCUT2D eigenvalue weighted by Crippen LogP contribution is 2.22. The van der Waals surface area contributed by atoms with Crippen molar-refractivity contribution in [3.8, 4) is 11.6 Å². The molecular weight excluding hydrogens is 286 g/mol. The van der Waals surface area contributed by atoms with Gasteiger partial charge in [-0.15, -0.1) is 0 Å². The number of carbonyl (C=O) groups excluding carboxylic acids is 1. The minimum Gasteiger partial charge on any atom is -0.507 e. The molecule has 0 aliphatic carbocycles. The lowest BCUT2D eigenvalue weighted by molar-refractivity contribution is 0.0724. The van der Waals surface area contributed by atoms with Crippen LogP contribution >= 0.6 is 0 Å². The topological polar surface area (TPSA) is 114 Å². The van der Waals surface area contributed by atoms with Gasteiger partial charge in [0.05, 0.1) is 4.90 Å². The second kappa shape index (κ2) is 5.27. The zero-order valence-corrected chi connectivity index (χ0v) is 10.7. The Balaban J connectivity index is 2.35. The number of hydrogen-bond donors (Lipinski definition) is 2. The van der Waals surface area contributed by atoms with Crippen molar-refractivity contribution in [1.82, 2.24) is 4.98 Å². The summed E-state index contributed by atoms with van der Waals surface area (Å²) in [5.74, 6) is -1.47. The van der Waals surface area contributed by atoms with Crippen LogP contribution in [-0.4, -0.2) is 29.0 Å². The third kappa shape index (κ3) is 3.11. The average Bonchev–Trinajstić information content (AvgIpc) is 2.39. The molecule has 0 aliphatic rings. The number of aromatic hydroxyl groups is 1. The fraction of sp³-hybridized carbons (Fsp3) is 0. The van der Waals surface area contributed by atoms with E-state index < -0.39 is 32.3 Å². The van der Waals surface area contributed by atoms with E-state index in [9.17, 15) is 18.3 Å². The zero-order valence-electron chi connectivity index (χ0n) is 9.92. The maximum atomic E-state index is 11.8. The summed E-state index contributed by atoms with van der Waals surface area (Å²) >= 11 is 0. The molecule has 0 fully saturated rings. The summed E-state index contributed by atoms with van der Waals surface area (Å²) in [6.45, 7) is 0. The van der Waals surface area contributed by atoms with E-state index in [1.807, 2.05) is 0 Å². The lowest BCUT2D eigenvalue weighted by Gasteiger charge is -2.06. The molecule has 0 aliphatic heterocycles. The Morgan fingerprint density at radius 3 is 2.55 bits per heavy atom. The van der Waals surface area contributed by atoms with E-state index in [1.54, 1.807) is 12.1 Å². The number of phenolic OH excluding ortho intramolecular Hbond substituents is 1. The van der Waals surface area contributed by atoms with Gasteiger partial charge in [0, 0.05) is 12.3 Å². The number of aromatic nitrogens is 1. The van der Waals surface area contributed by atoms with Gasteiger partial charge in [0.2, 0.25) is 5.88 Å². The van der Waals surface area contributed by atoms with Gasteiger partial charge >= 0.3 is 5.97 Å². The van der Waals surface area contributed by atoms with E-state index in [4.69, 9.17) is 9.29 Å². The lowest BCUT2D eigenvalue weighted by Crippen LogP contribution is -2.11. The third-order valence-electron chi connectivity index (χ3n) is 2.32. The molecule has 0 saturated carbocycles. The predicted molar refractivity (Wildman–Crippen MR) is 67.1 cm³/mol. The summed E-state index contributed by atoms with van der Waals surface area (Å²) < 4.78 is 35.7. The first-order chi connectivity index (χ1) is 9.38. The molecule has 2 N–H and O–H groups in total. The Morgan fingerprint density at radius 1 is 1.20 bits per heavy atom. The number of esters is 1. The van der Waals surface area contributed by atoms with Crippen molar-refractivity contribution >= 4 is 16.1 Å². The molecule has 2 aromatic rings. The number of phenols is 1. The van der Waals surface area contributed by atoms with Crippen LogP contribution in [0.1, 0.15) is 10.4 Å². The minimum atomic E-state index is -4.48. The van der Waals surface area contributed by atoms with Gasteiger partial charge in [0.25, 0.3) is 10.1 Å². The second-order valence-corrected chi connectivity index (χ2v) is 5.13. The third-order valence-corrected chi connectivity index (χ3v) is 3.17. The standard InChI is InChI=1S/C12H9NO6S/c14-10-5-4-8(20(16,17)18)7-9(10)12(15)19-11-3-1-2-6-13-11/h1-7,14H,(H,16,17,18). The van der Waals surface area contributed by atoms with E-state index in [0.29, 0.717) is 0 Å². The molecule has 0 radical (unpaired) electrons. The molecule has 0 atom stereocenters. The molecule has 0 unspecified atom stereocenters. The van der Waals surface area contributed by atoms with Crippen molar-refractivity contribution in [3.63, 3.8) is 0 Å². The molecule has 104 valence electrons. The zero-order chi connectivity index (χ0) is 14.8. The lowest BCUT2D eigenvalue weighted by atomic mass is 10.2. The summed E-state index contributed by atoms with van der Waals surface area (Å²) in [4.78, 5) is 15.0. The van der Waals surface area contributed by atoms with Gasteiger partial charge in [-0.2, -0.15) is 8.42 Å². The van der Waals surface area contributed by atoms with Gasteiger partial charge in [0.15, 0.2) is 0 Å². The number of benzene rings is 1. The monoisotopic (exact) mass is 295 g/mol. The van der Waals surface area contributed by atoms with Crippen LogP contribution in [-0.2, 0) is 10.1 Å². The van der Waals surface area contributed by atoms with Crippen LogP contribution in [0.3, 0.4) is 0 Å². The summed E-state index contributed by atoms with van der Waals surface area (Å²) in [7, 11) is -4.48. The average molecular weight is 295 g/mol. The van der Waals surface area contributed by atoms with Crippen LogP contribution < -0.4 is 4.74 Å². The number of ether oxygens (including phenoxy) is 1.